The van der Waals surface area contributed by atoms with Gasteiger partial charge in [-0.15, -0.1) is 11.8 Å². The van der Waals surface area contributed by atoms with Gasteiger partial charge in [-0.3, -0.25) is 4.79 Å². The van der Waals surface area contributed by atoms with Gasteiger partial charge in [-0.2, -0.15) is 5.10 Å². The van der Waals surface area contributed by atoms with Crippen LogP contribution >= 0.6 is 62.5 Å². The van der Waals surface area contributed by atoms with Crippen LogP contribution in [-0.2, 0) is 11.4 Å². The van der Waals surface area contributed by atoms with Crippen molar-refractivity contribution in [1.29, 1.82) is 0 Å². The van der Waals surface area contributed by atoms with E-state index >= 15 is 0 Å². The number of ether oxygens (including phenoxy) is 2. The summed E-state index contributed by atoms with van der Waals surface area (Å²) in [5, 5.41) is 5.67. The molecule has 3 aromatic carbocycles. The lowest BCUT2D eigenvalue weighted by molar-refractivity contribution is -0.118. The van der Waals surface area contributed by atoms with Gasteiger partial charge in [0.05, 0.1) is 28.6 Å². The molecule has 1 N–H and O–H groups in total. The Morgan fingerprint density at radius 3 is 2.47 bits per heavy atom. The van der Waals surface area contributed by atoms with E-state index in [4.69, 9.17) is 44.3 Å². The molecule has 3 aromatic rings. The van der Waals surface area contributed by atoms with Crippen molar-refractivity contribution in [3.63, 3.8) is 0 Å². The van der Waals surface area contributed by atoms with Crippen LogP contribution in [0.5, 0.6) is 11.5 Å². The molecule has 0 aliphatic carbocycles. The molecule has 0 saturated carbocycles. The number of rotatable bonds is 10. The zero-order valence-electron chi connectivity index (χ0n) is 18.0. The van der Waals surface area contributed by atoms with Crippen molar-refractivity contribution in [2.75, 3.05) is 12.4 Å². The number of halogens is 4. The van der Waals surface area contributed by atoms with Crippen molar-refractivity contribution >= 4 is 74.6 Å². The van der Waals surface area contributed by atoms with E-state index in [1.807, 2.05) is 25.1 Å². The Morgan fingerprint density at radius 2 is 1.76 bits per heavy atom. The molecule has 0 atom stereocenters. The monoisotopic (exact) mass is 600 g/mol. The van der Waals surface area contributed by atoms with Crippen LogP contribution in [0.25, 0.3) is 0 Å². The maximum absolute atomic E-state index is 12.1. The Hall–Kier alpha value is -1.90. The molecule has 0 fully saturated rings. The highest BCUT2D eigenvalue weighted by Crippen LogP contribution is 2.34. The first-order chi connectivity index (χ1) is 16.4. The molecule has 1 amide bonds. The van der Waals surface area contributed by atoms with Crippen LogP contribution in [0.2, 0.25) is 15.1 Å². The molecule has 0 radical (unpaired) electrons. The van der Waals surface area contributed by atoms with Crippen molar-refractivity contribution < 1.29 is 14.3 Å². The zero-order chi connectivity index (χ0) is 24.5. The molecule has 0 spiro atoms. The molecular formula is C24H20BrCl3N2O3S. The average Bonchev–Trinajstić information content (AvgIpc) is 2.81. The van der Waals surface area contributed by atoms with Gasteiger partial charge in [0.1, 0.15) is 6.61 Å². The molecule has 3 rings (SSSR count). The van der Waals surface area contributed by atoms with Gasteiger partial charge in [0.15, 0.2) is 11.5 Å². The van der Waals surface area contributed by atoms with Crippen LogP contribution < -0.4 is 14.9 Å². The van der Waals surface area contributed by atoms with E-state index in [-0.39, 0.29) is 18.3 Å². The largest absolute Gasteiger partial charge is 0.490 e. The quantitative estimate of drug-likeness (QED) is 0.147. The molecule has 5 nitrogen and oxygen atoms in total. The van der Waals surface area contributed by atoms with Gasteiger partial charge in [-0.1, -0.05) is 40.9 Å². The van der Waals surface area contributed by atoms with E-state index in [1.54, 1.807) is 42.6 Å². The Kier molecular flexibility index (Phi) is 10.4. The Morgan fingerprint density at radius 1 is 1.03 bits per heavy atom. The number of hydrogen-bond donors (Lipinski definition) is 1. The highest BCUT2D eigenvalue weighted by molar-refractivity contribution is 9.10. The number of nitrogens with one attached hydrogen (secondary N) is 1. The molecule has 0 heterocycles. The van der Waals surface area contributed by atoms with Gasteiger partial charge in [0, 0.05) is 20.0 Å². The number of benzene rings is 3. The molecule has 0 unspecified atom stereocenters. The van der Waals surface area contributed by atoms with Crippen LogP contribution in [0, 0.1) is 0 Å². The molecule has 0 saturated heterocycles. The third kappa shape index (κ3) is 8.10. The van der Waals surface area contributed by atoms with Crippen LogP contribution in [-0.4, -0.2) is 24.5 Å². The predicted octanol–water partition coefficient (Wildman–Crippen LogP) is 7.63. The summed E-state index contributed by atoms with van der Waals surface area (Å²) < 4.78 is 12.4. The fraction of sp³-hybridized carbons (Fsp3) is 0.167. The molecule has 0 aliphatic rings. The standard InChI is InChI=1S/C24H20BrCl3N2O3S/c1-2-32-22-10-16(12-29-30-24(31)14-34-18-6-4-17(26)5-7-18)19(25)11-23(22)33-13-15-3-8-20(27)21(28)9-15/h3-12H,2,13-14H2,1H3,(H,30,31)/b29-12-. The second-order valence-electron chi connectivity index (χ2n) is 6.83. The summed E-state index contributed by atoms with van der Waals surface area (Å²) in [6.45, 7) is 2.63. The fourth-order valence-corrected chi connectivity index (χ4v) is 4.27. The van der Waals surface area contributed by atoms with Crippen LogP contribution in [0.4, 0.5) is 0 Å². The topological polar surface area (TPSA) is 59.9 Å². The first kappa shape index (κ1) is 26.7. The Labute approximate surface area is 225 Å². The van der Waals surface area contributed by atoms with Gasteiger partial charge in [0.2, 0.25) is 5.91 Å². The van der Waals surface area contributed by atoms with Crippen molar-refractivity contribution in [1.82, 2.24) is 5.43 Å². The van der Waals surface area contributed by atoms with Gasteiger partial charge < -0.3 is 9.47 Å². The summed E-state index contributed by atoms with van der Waals surface area (Å²) in [4.78, 5) is 13.0. The lowest BCUT2D eigenvalue weighted by Gasteiger charge is -2.14. The van der Waals surface area contributed by atoms with Crippen LogP contribution in [0.1, 0.15) is 18.1 Å². The lowest BCUT2D eigenvalue weighted by Crippen LogP contribution is -2.19. The molecule has 10 heteroatoms. The maximum Gasteiger partial charge on any atom is 0.250 e. The lowest BCUT2D eigenvalue weighted by atomic mass is 10.2. The van der Waals surface area contributed by atoms with E-state index in [0.29, 0.717) is 33.2 Å². The molecule has 0 bridgehead atoms. The van der Waals surface area contributed by atoms with E-state index in [2.05, 4.69) is 26.5 Å². The minimum Gasteiger partial charge on any atom is -0.490 e. The smallest absolute Gasteiger partial charge is 0.250 e. The normalized spacial score (nSPS) is 11.0. The molecule has 0 aromatic heterocycles. The van der Waals surface area contributed by atoms with E-state index in [0.717, 1.165) is 20.5 Å². The summed E-state index contributed by atoms with van der Waals surface area (Å²) in [7, 11) is 0. The maximum atomic E-state index is 12.1. The highest BCUT2D eigenvalue weighted by atomic mass is 79.9. The van der Waals surface area contributed by atoms with Gasteiger partial charge in [-0.05, 0) is 76.9 Å². The minimum absolute atomic E-state index is 0.223. The molecule has 0 aliphatic heterocycles. The summed E-state index contributed by atoms with van der Waals surface area (Å²) in [5.41, 5.74) is 4.12. The summed E-state index contributed by atoms with van der Waals surface area (Å²) in [5.74, 6) is 1.11. The van der Waals surface area contributed by atoms with Gasteiger partial charge in [0.25, 0.3) is 0 Å². The molecule has 34 heavy (non-hydrogen) atoms. The zero-order valence-corrected chi connectivity index (χ0v) is 22.7. The van der Waals surface area contributed by atoms with E-state index in [9.17, 15) is 4.79 Å². The second-order valence-corrected chi connectivity index (χ2v) is 9.98. The van der Waals surface area contributed by atoms with E-state index < -0.39 is 0 Å². The summed E-state index contributed by atoms with van der Waals surface area (Å²) in [6.07, 6.45) is 1.54. The summed E-state index contributed by atoms with van der Waals surface area (Å²) in [6, 6.07) is 16.2. The minimum atomic E-state index is -0.223. The number of carbonyl (C=O) groups excluding carboxylic acids is 1. The number of hydrazone groups is 1. The van der Waals surface area contributed by atoms with Crippen molar-refractivity contribution in [2.24, 2.45) is 5.10 Å². The molecular weight excluding hydrogens is 583 g/mol. The molecule has 178 valence electrons. The number of hydrogen-bond acceptors (Lipinski definition) is 5. The number of carbonyl (C=O) groups is 1. The first-order valence-corrected chi connectivity index (χ1v) is 13.0. The van der Waals surface area contributed by atoms with Crippen molar-refractivity contribution in [3.05, 3.63) is 85.3 Å². The predicted molar refractivity (Wildman–Crippen MR) is 144 cm³/mol. The second kappa shape index (κ2) is 13.3. The number of amides is 1. The van der Waals surface area contributed by atoms with Crippen LogP contribution in [0.3, 0.4) is 0 Å². The summed E-state index contributed by atoms with van der Waals surface area (Å²) >= 11 is 22.8. The first-order valence-electron chi connectivity index (χ1n) is 10.1. The highest BCUT2D eigenvalue weighted by Gasteiger charge is 2.11. The van der Waals surface area contributed by atoms with E-state index in [1.165, 1.54) is 11.8 Å². The van der Waals surface area contributed by atoms with Gasteiger partial charge >= 0.3 is 0 Å². The van der Waals surface area contributed by atoms with Crippen LogP contribution in [0.15, 0.2) is 69.1 Å². The third-order valence-corrected chi connectivity index (χ3v) is 7.01. The Balaban J connectivity index is 1.61. The average molecular weight is 603 g/mol. The van der Waals surface area contributed by atoms with Crippen molar-refractivity contribution in [2.45, 2.75) is 18.4 Å². The van der Waals surface area contributed by atoms with Gasteiger partial charge in [-0.25, -0.2) is 5.43 Å². The number of nitrogens with zero attached hydrogens (tertiary/aromatic N) is 1. The SMILES string of the molecule is CCOc1cc(/C=N\NC(=O)CSc2ccc(Cl)cc2)c(Br)cc1OCc1ccc(Cl)c(Cl)c1. The fourth-order valence-electron chi connectivity index (χ4n) is 2.71. The Bertz CT molecular complexity index is 1180. The van der Waals surface area contributed by atoms with Crippen molar-refractivity contribution in [3.8, 4) is 11.5 Å². The third-order valence-electron chi connectivity index (χ3n) is 4.32. The number of thioether (sulfide) groups is 1.